The fourth-order valence-electron chi connectivity index (χ4n) is 4.01. The van der Waals surface area contributed by atoms with E-state index in [4.69, 9.17) is 10.2 Å². The van der Waals surface area contributed by atoms with E-state index in [1.807, 2.05) is 12.1 Å². The summed E-state index contributed by atoms with van der Waals surface area (Å²) in [6.45, 7) is 3.29. The molecule has 0 spiro atoms. The zero-order valence-electron chi connectivity index (χ0n) is 13.7. The fourth-order valence-corrected chi connectivity index (χ4v) is 4.01. The van der Waals surface area contributed by atoms with Crippen molar-refractivity contribution in [1.82, 2.24) is 4.90 Å². The highest BCUT2D eigenvalue weighted by atomic mass is 16.4. The van der Waals surface area contributed by atoms with Gasteiger partial charge in [-0.05, 0) is 61.8 Å². The Morgan fingerprint density at radius 2 is 1.33 bits per heavy atom. The summed E-state index contributed by atoms with van der Waals surface area (Å²) in [4.78, 5) is 25.7. The van der Waals surface area contributed by atoms with Gasteiger partial charge < -0.3 is 20.0 Å². The Kier molecular flexibility index (Phi) is 4.92. The Balaban J connectivity index is 1.51. The van der Waals surface area contributed by atoms with E-state index >= 15 is 0 Å². The van der Waals surface area contributed by atoms with E-state index in [9.17, 15) is 9.59 Å². The predicted octanol–water partition coefficient (Wildman–Crippen LogP) is 2.99. The van der Waals surface area contributed by atoms with Crippen molar-refractivity contribution in [2.45, 2.75) is 25.7 Å². The van der Waals surface area contributed by atoms with Crippen molar-refractivity contribution in [3.05, 3.63) is 29.8 Å². The molecule has 2 fully saturated rings. The van der Waals surface area contributed by atoms with Gasteiger partial charge in [0.15, 0.2) is 0 Å². The lowest BCUT2D eigenvalue weighted by Crippen LogP contribution is -2.42. The van der Waals surface area contributed by atoms with Gasteiger partial charge in [-0.25, -0.2) is 9.59 Å². The van der Waals surface area contributed by atoms with Crippen LogP contribution in [0.15, 0.2) is 24.3 Å². The fraction of sp³-hybridized carbons (Fsp3) is 0.556. The number of nitrogens with zero attached hydrogens (tertiary/aromatic N) is 2. The van der Waals surface area contributed by atoms with Crippen LogP contribution in [0.3, 0.4) is 0 Å². The van der Waals surface area contributed by atoms with Crippen LogP contribution in [-0.2, 0) is 0 Å². The number of anilines is 1. The van der Waals surface area contributed by atoms with E-state index in [0.29, 0.717) is 30.5 Å². The normalized spacial score (nSPS) is 20.2. The number of amides is 1. The molecule has 0 unspecified atom stereocenters. The summed E-state index contributed by atoms with van der Waals surface area (Å²) in [5.74, 6) is 0.417. The molecule has 0 bridgehead atoms. The van der Waals surface area contributed by atoms with Crippen molar-refractivity contribution in [3.8, 4) is 0 Å². The molecule has 0 atom stereocenters. The van der Waals surface area contributed by atoms with Crippen molar-refractivity contribution in [2.75, 3.05) is 31.1 Å². The molecule has 0 saturated carbocycles. The second-order valence-corrected chi connectivity index (χ2v) is 6.78. The van der Waals surface area contributed by atoms with Crippen LogP contribution >= 0.6 is 0 Å². The standard InChI is InChI=1S/C18H24N2O4/c21-17(22)15-1-3-16(4-2-15)19-9-5-13(6-10-19)14-7-11-20(12-8-14)18(23)24/h1-4,13-14H,5-12H2,(H,21,22)(H,23,24). The summed E-state index contributed by atoms with van der Waals surface area (Å²) < 4.78 is 0. The molecule has 2 heterocycles. The summed E-state index contributed by atoms with van der Waals surface area (Å²) in [7, 11) is 0. The number of carbonyl (C=O) groups is 2. The summed E-state index contributed by atoms with van der Waals surface area (Å²) in [5, 5.41) is 18.0. The summed E-state index contributed by atoms with van der Waals surface area (Å²) >= 11 is 0. The number of carboxylic acids is 1. The largest absolute Gasteiger partial charge is 0.478 e. The van der Waals surface area contributed by atoms with Crippen LogP contribution in [0.25, 0.3) is 0 Å². The second-order valence-electron chi connectivity index (χ2n) is 6.78. The van der Waals surface area contributed by atoms with Gasteiger partial charge in [0.2, 0.25) is 0 Å². The summed E-state index contributed by atoms with van der Waals surface area (Å²) in [6, 6.07) is 7.08. The van der Waals surface area contributed by atoms with Crippen molar-refractivity contribution in [1.29, 1.82) is 0 Å². The van der Waals surface area contributed by atoms with Crippen LogP contribution in [0.1, 0.15) is 36.0 Å². The molecule has 2 saturated heterocycles. The summed E-state index contributed by atoms with van der Waals surface area (Å²) in [5.41, 5.74) is 1.40. The molecule has 2 N–H and O–H groups in total. The van der Waals surface area contributed by atoms with Gasteiger partial charge in [-0.15, -0.1) is 0 Å². The quantitative estimate of drug-likeness (QED) is 0.889. The van der Waals surface area contributed by atoms with Crippen LogP contribution in [-0.4, -0.2) is 53.4 Å². The number of carboxylic acid groups (broad SMARTS) is 2. The average molecular weight is 332 g/mol. The number of hydrogen-bond donors (Lipinski definition) is 2. The zero-order valence-corrected chi connectivity index (χ0v) is 13.7. The maximum Gasteiger partial charge on any atom is 0.407 e. The first-order valence-corrected chi connectivity index (χ1v) is 8.61. The number of rotatable bonds is 3. The lowest BCUT2D eigenvalue weighted by Gasteiger charge is -2.40. The Bertz CT molecular complexity index is 586. The van der Waals surface area contributed by atoms with E-state index < -0.39 is 12.1 Å². The molecule has 2 aliphatic rings. The van der Waals surface area contributed by atoms with Crippen molar-refractivity contribution in [2.24, 2.45) is 11.8 Å². The van der Waals surface area contributed by atoms with Crippen LogP contribution in [0.4, 0.5) is 10.5 Å². The number of hydrogen-bond acceptors (Lipinski definition) is 3. The summed E-state index contributed by atoms with van der Waals surface area (Å²) in [6.07, 6.45) is 3.40. The third-order valence-electron chi connectivity index (χ3n) is 5.50. The van der Waals surface area contributed by atoms with Crippen molar-refractivity contribution in [3.63, 3.8) is 0 Å². The van der Waals surface area contributed by atoms with Gasteiger partial charge in [0, 0.05) is 31.9 Å². The number of likely N-dealkylation sites (tertiary alicyclic amines) is 1. The molecule has 2 aliphatic heterocycles. The van der Waals surface area contributed by atoms with Gasteiger partial charge in [-0.1, -0.05) is 0 Å². The van der Waals surface area contributed by atoms with Gasteiger partial charge in [-0.2, -0.15) is 0 Å². The van der Waals surface area contributed by atoms with E-state index in [-0.39, 0.29) is 0 Å². The molecule has 130 valence electrons. The molecule has 0 radical (unpaired) electrons. The van der Waals surface area contributed by atoms with Gasteiger partial charge in [0.05, 0.1) is 5.56 Å². The number of benzene rings is 1. The molecular formula is C18H24N2O4. The third kappa shape index (κ3) is 3.63. The van der Waals surface area contributed by atoms with Crippen LogP contribution in [0, 0.1) is 11.8 Å². The first-order chi connectivity index (χ1) is 11.5. The first-order valence-electron chi connectivity index (χ1n) is 8.61. The van der Waals surface area contributed by atoms with Crippen molar-refractivity contribution >= 4 is 17.7 Å². The average Bonchev–Trinajstić information content (AvgIpc) is 2.62. The molecule has 3 rings (SSSR count). The minimum Gasteiger partial charge on any atom is -0.478 e. The number of aromatic carboxylic acids is 1. The molecule has 0 aromatic heterocycles. The van der Waals surface area contributed by atoms with E-state index in [2.05, 4.69) is 4.90 Å². The Labute approximate surface area is 141 Å². The van der Waals surface area contributed by atoms with Crippen LogP contribution in [0.5, 0.6) is 0 Å². The lowest BCUT2D eigenvalue weighted by atomic mass is 9.79. The third-order valence-corrected chi connectivity index (χ3v) is 5.50. The SMILES string of the molecule is O=C(O)c1ccc(N2CCC(C3CCN(C(=O)O)CC3)CC2)cc1. The Hall–Kier alpha value is -2.24. The molecule has 1 amide bonds. The maximum absolute atomic E-state index is 11.0. The highest BCUT2D eigenvalue weighted by Gasteiger charge is 2.30. The topological polar surface area (TPSA) is 81.1 Å². The predicted molar refractivity (Wildman–Crippen MR) is 90.7 cm³/mol. The Morgan fingerprint density at radius 1 is 0.833 bits per heavy atom. The molecule has 6 nitrogen and oxygen atoms in total. The minimum atomic E-state index is -0.895. The smallest absolute Gasteiger partial charge is 0.407 e. The molecule has 6 heteroatoms. The molecule has 1 aromatic rings. The van der Waals surface area contributed by atoms with Gasteiger partial charge in [0.25, 0.3) is 0 Å². The highest BCUT2D eigenvalue weighted by molar-refractivity contribution is 5.88. The highest BCUT2D eigenvalue weighted by Crippen LogP contribution is 2.33. The Morgan fingerprint density at radius 3 is 1.79 bits per heavy atom. The van der Waals surface area contributed by atoms with E-state index in [1.165, 1.54) is 4.90 Å². The zero-order chi connectivity index (χ0) is 17.1. The van der Waals surface area contributed by atoms with Crippen molar-refractivity contribution < 1.29 is 19.8 Å². The first kappa shape index (κ1) is 16.6. The van der Waals surface area contributed by atoms with Crippen LogP contribution < -0.4 is 4.90 Å². The maximum atomic E-state index is 11.0. The van der Waals surface area contributed by atoms with E-state index in [1.54, 1.807) is 12.1 Å². The second kappa shape index (κ2) is 7.11. The molecule has 0 aliphatic carbocycles. The van der Waals surface area contributed by atoms with Gasteiger partial charge in [0.1, 0.15) is 0 Å². The number of piperidine rings is 2. The molecule has 24 heavy (non-hydrogen) atoms. The molecular weight excluding hydrogens is 308 g/mol. The van der Waals surface area contributed by atoms with Gasteiger partial charge >= 0.3 is 12.1 Å². The van der Waals surface area contributed by atoms with E-state index in [0.717, 1.165) is 44.5 Å². The lowest BCUT2D eigenvalue weighted by molar-refractivity contribution is 0.0696. The van der Waals surface area contributed by atoms with Crippen LogP contribution in [0.2, 0.25) is 0 Å². The molecule has 1 aromatic carbocycles. The minimum absolute atomic E-state index is 0.318. The van der Waals surface area contributed by atoms with Gasteiger partial charge in [-0.3, -0.25) is 0 Å². The monoisotopic (exact) mass is 332 g/mol.